The Morgan fingerprint density at radius 2 is 1.91 bits per heavy atom. The van der Waals surface area contributed by atoms with Crippen LogP contribution in [0.15, 0.2) is 34.9 Å². The fourth-order valence-electron chi connectivity index (χ4n) is 2.29. The average molecular weight is 315 g/mol. The first-order valence-corrected chi connectivity index (χ1v) is 8.23. The van der Waals surface area contributed by atoms with Gasteiger partial charge in [-0.3, -0.25) is 4.79 Å². The van der Waals surface area contributed by atoms with Gasteiger partial charge in [0, 0.05) is 12.3 Å². The number of hydrogen-bond donors (Lipinski definition) is 1. The lowest BCUT2D eigenvalue weighted by atomic mass is 10.1. The van der Waals surface area contributed by atoms with Gasteiger partial charge in [-0.2, -0.15) is 4.98 Å². The van der Waals surface area contributed by atoms with Gasteiger partial charge in [0.15, 0.2) is 5.82 Å². The quantitative estimate of drug-likeness (QED) is 0.753. The van der Waals surface area contributed by atoms with E-state index in [1.165, 1.54) is 5.56 Å². The predicted molar refractivity (Wildman–Crippen MR) is 88.9 cm³/mol. The summed E-state index contributed by atoms with van der Waals surface area (Å²) in [5.41, 5.74) is 1.31. The molecule has 1 heterocycles. The summed E-state index contributed by atoms with van der Waals surface area (Å²) >= 11 is 0. The van der Waals surface area contributed by atoms with E-state index in [-0.39, 0.29) is 17.9 Å². The molecule has 0 saturated carbocycles. The van der Waals surface area contributed by atoms with Crippen LogP contribution in [0.3, 0.4) is 0 Å². The molecule has 1 atom stereocenters. The summed E-state index contributed by atoms with van der Waals surface area (Å²) in [6.45, 7) is 5.87. The van der Waals surface area contributed by atoms with Crippen molar-refractivity contribution in [3.05, 3.63) is 47.6 Å². The molecule has 1 aromatic heterocycles. The van der Waals surface area contributed by atoms with Gasteiger partial charge in [0.1, 0.15) is 6.04 Å². The van der Waals surface area contributed by atoms with Crippen molar-refractivity contribution in [2.24, 2.45) is 0 Å². The molecule has 5 heteroatoms. The van der Waals surface area contributed by atoms with Crippen LogP contribution in [0.1, 0.15) is 69.3 Å². The number of nitrogens with one attached hydrogen (secondary N) is 1. The van der Waals surface area contributed by atoms with Crippen LogP contribution >= 0.6 is 0 Å². The molecule has 5 nitrogen and oxygen atoms in total. The lowest BCUT2D eigenvalue weighted by Crippen LogP contribution is -2.26. The Bertz CT molecular complexity index is 608. The van der Waals surface area contributed by atoms with Gasteiger partial charge >= 0.3 is 0 Å². The van der Waals surface area contributed by atoms with Gasteiger partial charge < -0.3 is 9.84 Å². The van der Waals surface area contributed by atoms with Gasteiger partial charge in [0.05, 0.1) is 0 Å². The minimum atomic E-state index is -0.253. The Balaban J connectivity index is 1.69. The summed E-state index contributed by atoms with van der Waals surface area (Å²) in [4.78, 5) is 16.3. The first-order valence-electron chi connectivity index (χ1n) is 8.23. The van der Waals surface area contributed by atoms with E-state index in [1.807, 2.05) is 39.0 Å². The van der Waals surface area contributed by atoms with Gasteiger partial charge in [-0.05, 0) is 31.7 Å². The zero-order chi connectivity index (χ0) is 16.7. The minimum absolute atomic E-state index is 0.0230. The van der Waals surface area contributed by atoms with Gasteiger partial charge in [-0.15, -0.1) is 0 Å². The number of aryl methyl sites for hydroxylation is 1. The molecule has 0 fully saturated rings. The first-order chi connectivity index (χ1) is 11.1. The highest BCUT2D eigenvalue weighted by Gasteiger charge is 2.17. The first kappa shape index (κ1) is 17.2. The third kappa shape index (κ3) is 5.51. The number of amides is 1. The molecule has 23 heavy (non-hydrogen) atoms. The van der Waals surface area contributed by atoms with Crippen molar-refractivity contribution in [3.63, 3.8) is 0 Å². The Labute approximate surface area is 137 Å². The third-order valence-corrected chi connectivity index (χ3v) is 3.68. The molecule has 0 bridgehead atoms. The minimum Gasteiger partial charge on any atom is -0.345 e. The molecule has 0 spiro atoms. The van der Waals surface area contributed by atoms with E-state index >= 15 is 0 Å². The van der Waals surface area contributed by atoms with Crippen LogP contribution in [0.5, 0.6) is 0 Å². The highest BCUT2D eigenvalue weighted by molar-refractivity contribution is 5.76. The van der Waals surface area contributed by atoms with Gasteiger partial charge in [-0.25, -0.2) is 0 Å². The molecule has 0 aliphatic heterocycles. The van der Waals surface area contributed by atoms with E-state index < -0.39 is 0 Å². The molecule has 2 aromatic rings. The second kappa shape index (κ2) is 8.46. The van der Waals surface area contributed by atoms with Crippen molar-refractivity contribution in [1.82, 2.24) is 15.5 Å². The standard InChI is InChI=1S/C18H25N3O2/c1-13(2)17-20-18(23-21-17)14(3)19-16(22)12-8-7-11-15-9-5-4-6-10-15/h4-6,9-10,13-14H,7-8,11-12H2,1-3H3,(H,19,22). The molecule has 1 unspecified atom stereocenters. The maximum absolute atomic E-state index is 12.0. The van der Waals surface area contributed by atoms with Crippen LogP contribution in [0.25, 0.3) is 0 Å². The third-order valence-electron chi connectivity index (χ3n) is 3.68. The zero-order valence-electron chi connectivity index (χ0n) is 14.1. The average Bonchev–Trinajstić information content (AvgIpc) is 3.03. The molecule has 1 aromatic carbocycles. The fourth-order valence-corrected chi connectivity index (χ4v) is 2.29. The number of carbonyl (C=O) groups is 1. The highest BCUT2D eigenvalue weighted by atomic mass is 16.5. The molecule has 1 amide bonds. The molecule has 0 aliphatic rings. The summed E-state index contributed by atoms with van der Waals surface area (Å²) in [5, 5.41) is 6.83. The number of hydrogen-bond acceptors (Lipinski definition) is 4. The van der Waals surface area contributed by atoms with Gasteiger partial charge in [0.25, 0.3) is 0 Å². The van der Waals surface area contributed by atoms with Crippen molar-refractivity contribution >= 4 is 5.91 Å². The Hall–Kier alpha value is -2.17. The van der Waals surface area contributed by atoms with E-state index in [1.54, 1.807) is 0 Å². The number of rotatable bonds is 8. The zero-order valence-corrected chi connectivity index (χ0v) is 14.1. The van der Waals surface area contributed by atoms with Crippen molar-refractivity contribution < 1.29 is 9.32 Å². The summed E-state index contributed by atoms with van der Waals surface area (Å²) in [6, 6.07) is 10.1. The molecule has 2 rings (SSSR count). The Morgan fingerprint density at radius 1 is 1.17 bits per heavy atom. The number of unbranched alkanes of at least 4 members (excludes halogenated alkanes) is 1. The molecule has 124 valence electrons. The summed E-state index contributed by atoms with van der Waals surface area (Å²) in [7, 11) is 0. The van der Waals surface area contributed by atoms with Crippen molar-refractivity contribution in [3.8, 4) is 0 Å². The van der Waals surface area contributed by atoms with Crippen LogP contribution in [0.2, 0.25) is 0 Å². The number of benzene rings is 1. The van der Waals surface area contributed by atoms with Crippen LogP contribution in [-0.2, 0) is 11.2 Å². The van der Waals surface area contributed by atoms with E-state index in [0.717, 1.165) is 19.3 Å². The van der Waals surface area contributed by atoms with Gasteiger partial charge in [-0.1, -0.05) is 49.3 Å². The highest BCUT2D eigenvalue weighted by Crippen LogP contribution is 2.15. The monoisotopic (exact) mass is 315 g/mol. The van der Waals surface area contributed by atoms with E-state index in [4.69, 9.17) is 4.52 Å². The number of nitrogens with zero attached hydrogens (tertiary/aromatic N) is 2. The lowest BCUT2D eigenvalue weighted by Gasteiger charge is -2.09. The summed E-state index contributed by atoms with van der Waals surface area (Å²) in [6.07, 6.45) is 3.39. The molecule has 0 saturated heterocycles. The van der Waals surface area contributed by atoms with E-state index in [0.29, 0.717) is 18.1 Å². The van der Waals surface area contributed by atoms with Crippen LogP contribution in [0, 0.1) is 0 Å². The normalized spacial score (nSPS) is 12.3. The van der Waals surface area contributed by atoms with Crippen LogP contribution in [0.4, 0.5) is 0 Å². The maximum Gasteiger partial charge on any atom is 0.248 e. The molecule has 0 radical (unpaired) electrons. The largest absolute Gasteiger partial charge is 0.345 e. The maximum atomic E-state index is 12.0. The number of carbonyl (C=O) groups excluding carboxylic acids is 1. The van der Waals surface area contributed by atoms with Crippen LogP contribution < -0.4 is 5.32 Å². The Morgan fingerprint density at radius 3 is 2.57 bits per heavy atom. The SMILES string of the molecule is CC(C)c1noc(C(C)NC(=O)CCCCc2ccccc2)n1. The molecule has 0 aliphatic carbocycles. The lowest BCUT2D eigenvalue weighted by molar-refractivity contribution is -0.122. The van der Waals surface area contributed by atoms with Crippen molar-refractivity contribution in [1.29, 1.82) is 0 Å². The molecule has 1 N–H and O–H groups in total. The summed E-state index contributed by atoms with van der Waals surface area (Å²) < 4.78 is 5.20. The van der Waals surface area contributed by atoms with E-state index in [2.05, 4.69) is 27.6 Å². The second-order valence-corrected chi connectivity index (χ2v) is 6.13. The smallest absolute Gasteiger partial charge is 0.248 e. The molecular formula is C18H25N3O2. The van der Waals surface area contributed by atoms with Gasteiger partial charge in [0.2, 0.25) is 11.8 Å². The van der Waals surface area contributed by atoms with Crippen LogP contribution in [-0.4, -0.2) is 16.0 Å². The number of aromatic nitrogens is 2. The fraction of sp³-hybridized carbons (Fsp3) is 0.500. The molecular weight excluding hydrogens is 290 g/mol. The summed E-state index contributed by atoms with van der Waals surface area (Å²) in [5.74, 6) is 1.37. The van der Waals surface area contributed by atoms with E-state index in [9.17, 15) is 4.79 Å². The second-order valence-electron chi connectivity index (χ2n) is 6.13. The van der Waals surface area contributed by atoms with Crippen molar-refractivity contribution in [2.45, 2.75) is 58.4 Å². The predicted octanol–water partition coefficient (Wildman–Crippen LogP) is 3.78. The van der Waals surface area contributed by atoms with Crippen molar-refractivity contribution in [2.75, 3.05) is 0 Å². The topological polar surface area (TPSA) is 68.0 Å². The Kier molecular flexibility index (Phi) is 6.32.